The van der Waals surface area contributed by atoms with Gasteiger partial charge in [-0.25, -0.2) is 9.97 Å². The van der Waals surface area contributed by atoms with E-state index >= 15 is 0 Å². The number of pyridine rings is 1. The van der Waals surface area contributed by atoms with Gasteiger partial charge in [-0.05, 0) is 30.7 Å². The molecule has 0 bridgehead atoms. The number of imidazole rings is 1. The minimum absolute atomic E-state index is 0.241. The third-order valence-corrected chi connectivity index (χ3v) is 3.08. The Morgan fingerprint density at radius 1 is 1.16 bits per heavy atom. The molecule has 0 spiro atoms. The fourth-order valence-corrected chi connectivity index (χ4v) is 2.26. The van der Waals surface area contributed by atoms with Crippen LogP contribution in [0.2, 0.25) is 0 Å². The van der Waals surface area contributed by atoms with E-state index in [-0.39, 0.29) is 5.75 Å². The highest BCUT2D eigenvalue weighted by molar-refractivity contribution is 5.74. The molecule has 0 saturated heterocycles. The highest BCUT2D eigenvalue weighted by atomic mass is 16.3. The Labute approximate surface area is 111 Å². The lowest BCUT2D eigenvalue weighted by atomic mass is 10.2. The second kappa shape index (κ2) is 4.72. The van der Waals surface area contributed by atoms with Crippen molar-refractivity contribution in [3.8, 4) is 11.4 Å². The maximum Gasteiger partial charge on any atom is 0.164 e. The minimum Gasteiger partial charge on any atom is -0.506 e. The first-order valence-electron chi connectivity index (χ1n) is 6.42. The fourth-order valence-electron chi connectivity index (χ4n) is 2.26. The topological polar surface area (TPSA) is 50.9 Å². The Morgan fingerprint density at radius 2 is 2.00 bits per heavy atom. The molecule has 0 amide bonds. The van der Waals surface area contributed by atoms with E-state index in [1.165, 1.54) is 0 Å². The first-order valence-corrected chi connectivity index (χ1v) is 6.42. The molecule has 4 heteroatoms. The SMILES string of the molecule is CCCc1nc2cccnc2n1-c1ccccc1O. The molecular weight excluding hydrogens is 238 g/mol. The van der Waals surface area contributed by atoms with Crippen molar-refractivity contribution >= 4 is 11.2 Å². The predicted molar refractivity (Wildman–Crippen MR) is 74.5 cm³/mol. The molecular formula is C15H15N3O. The zero-order chi connectivity index (χ0) is 13.2. The van der Waals surface area contributed by atoms with Gasteiger partial charge in [0.05, 0.1) is 5.69 Å². The summed E-state index contributed by atoms with van der Waals surface area (Å²) in [7, 11) is 0. The Bertz CT molecular complexity index is 718. The molecule has 1 N–H and O–H groups in total. The summed E-state index contributed by atoms with van der Waals surface area (Å²) in [5, 5.41) is 10.1. The van der Waals surface area contributed by atoms with Crippen LogP contribution >= 0.6 is 0 Å². The summed E-state index contributed by atoms with van der Waals surface area (Å²) in [6.45, 7) is 2.11. The molecule has 2 heterocycles. The lowest BCUT2D eigenvalue weighted by Crippen LogP contribution is -2.02. The normalized spacial score (nSPS) is 11.0. The molecule has 0 radical (unpaired) electrons. The summed E-state index contributed by atoms with van der Waals surface area (Å²) < 4.78 is 1.94. The van der Waals surface area contributed by atoms with Crippen LogP contribution in [0.15, 0.2) is 42.6 Å². The van der Waals surface area contributed by atoms with Crippen molar-refractivity contribution in [1.29, 1.82) is 0 Å². The van der Waals surface area contributed by atoms with Gasteiger partial charge >= 0.3 is 0 Å². The van der Waals surface area contributed by atoms with Crippen LogP contribution < -0.4 is 0 Å². The number of hydrogen-bond acceptors (Lipinski definition) is 3. The number of rotatable bonds is 3. The van der Waals surface area contributed by atoms with Gasteiger partial charge in [0.1, 0.15) is 17.1 Å². The summed E-state index contributed by atoms with van der Waals surface area (Å²) in [5.74, 6) is 1.17. The van der Waals surface area contributed by atoms with Crippen LogP contribution in [-0.2, 0) is 6.42 Å². The molecule has 0 fully saturated rings. The van der Waals surface area contributed by atoms with Crippen LogP contribution in [0.3, 0.4) is 0 Å². The number of hydrogen-bond donors (Lipinski definition) is 1. The van der Waals surface area contributed by atoms with Gasteiger partial charge in [-0.3, -0.25) is 4.57 Å². The molecule has 96 valence electrons. The number of benzene rings is 1. The van der Waals surface area contributed by atoms with Crippen molar-refractivity contribution in [3.63, 3.8) is 0 Å². The largest absolute Gasteiger partial charge is 0.506 e. The van der Waals surface area contributed by atoms with Crippen molar-refractivity contribution in [1.82, 2.24) is 14.5 Å². The Morgan fingerprint density at radius 3 is 2.79 bits per heavy atom. The van der Waals surface area contributed by atoms with Gasteiger partial charge in [0, 0.05) is 12.6 Å². The summed E-state index contributed by atoms with van der Waals surface area (Å²) in [5.41, 5.74) is 2.37. The minimum atomic E-state index is 0.241. The van der Waals surface area contributed by atoms with E-state index in [1.54, 1.807) is 12.3 Å². The lowest BCUT2D eigenvalue weighted by molar-refractivity contribution is 0.472. The van der Waals surface area contributed by atoms with Crippen LogP contribution in [0.25, 0.3) is 16.9 Å². The van der Waals surface area contributed by atoms with Crippen LogP contribution in [0.4, 0.5) is 0 Å². The van der Waals surface area contributed by atoms with Gasteiger partial charge in [0.15, 0.2) is 5.65 Å². The zero-order valence-electron chi connectivity index (χ0n) is 10.7. The molecule has 0 unspecified atom stereocenters. The highest BCUT2D eigenvalue weighted by Gasteiger charge is 2.14. The molecule has 1 aromatic carbocycles. The predicted octanol–water partition coefficient (Wildman–Crippen LogP) is 3.08. The van der Waals surface area contributed by atoms with E-state index in [1.807, 2.05) is 34.9 Å². The molecule has 4 nitrogen and oxygen atoms in total. The van der Waals surface area contributed by atoms with Crippen molar-refractivity contribution in [2.45, 2.75) is 19.8 Å². The molecule has 0 aliphatic carbocycles. The Kier molecular flexibility index (Phi) is 2.91. The summed E-state index contributed by atoms with van der Waals surface area (Å²) in [6.07, 6.45) is 3.60. The van der Waals surface area contributed by atoms with Crippen LogP contribution in [0.1, 0.15) is 19.2 Å². The number of aromatic hydroxyl groups is 1. The third kappa shape index (κ3) is 1.95. The van der Waals surface area contributed by atoms with Crippen molar-refractivity contribution in [3.05, 3.63) is 48.4 Å². The molecule has 3 rings (SSSR count). The second-order valence-corrected chi connectivity index (χ2v) is 4.45. The molecule has 0 aliphatic rings. The first-order chi connectivity index (χ1) is 9.31. The van der Waals surface area contributed by atoms with Crippen LogP contribution in [-0.4, -0.2) is 19.6 Å². The molecule has 0 aliphatic heterocycles. The van der Waals surface area contributed by atoms with Crippen LogP contribution in [0.5, 0.6) is 5.75 Å². The molecule has 3 aromatic rings. The third-order valence-electron chi connectivity index (χ3n) is 3.08. The number of fused-ring (bicyclic) bond motifs is 1. The van der Waals surface area contributed by atoms with Gasteiger partial charge < -0.3 is 5.11 Å². The highest BCUT2D eigenvalue weighted by Crippen LogP contribution is 2.26. The van der Waals surface area contributed by atoms with E-state index in [4.69, 9.17) is 0 Å². The smallest absolute Gasteiger partial charge is 0.164 e. The van der Waals surface area contributed by atoms with Crippen molar-refractivity contribution in [2.24, 2.45) is 0 Å². The van der Waals surface area contributed by atoms with Crippen LogP contribution in [0, 0.1) is 0 Å². The van der Waals surface area contributed by atoms with E-state index in [9.17, 15) is 5.11 Å². The number of nitrogens with zero attached hydrogens (tertiary/aromatic N) is 3. The van der Waals surface area contributed by atoms with E-state index in [0.29, 0.717) is 0 Å². The van der Waals surface area contributed by atoms with E-state index < -0.39 is 0 Å². The Balaban J connectivity index is 2.31. The summed E-state index contributed by atoms with van der Waals surface area (Å²) >= 11 is 0. The molecule has 0 saturated carbocycles. The van der Waals surface area contributed by atoms with Gasteiger partial charge in [0.2, 0.25) is 0 Å². The number of aromatic nitrogens is 3. The van der Waals surface area contributed by atoms with Gasteiger partial charge in [0.25, 0.3) is 0 Å². The molecule has 19 heavy (non-hydrogen) atoms. The van der Waals surface area contributed by atoms with Gasteiger partial charge in [-0.2, -0.15) is 0 Å². The molecule has 0 atom stereocenters. The summed E-state index contributed by atoms with van der Waals surface area (Å²) in [4.78, 5) is 9.00. The average molecular weight is 253 g/mol. The fraction of sp³-hybridized carbons (Fsp3) is 0.200. The number of phenolic OH excluding ortho intramolecular Hbond substituents is 1. The standard InChI is InChI=1S/C15H15N3O/c1-2-6-14-17-11-7-5-10-16-15(11)18(14)12-8-3-4-9-13(12)19/h3-5,7-10,19H,2,6H2,1H3. The monoisotopic (exact) mass is 253 g/mol. The Hall–Kier alpha value is -2.36. The summed E-state index contributed by atoms with van der Waals surface area (Å²) in [6, 6.07) is 11.1. The van der Waals surface area contributed by atoms with Crippen molar-refractivity contribution in [2.75, 3.05) is 0 Å². The van der Waals surface area contributed by atoms with E-state index in [0.717, 1.165) is 35.5 Å². The van der Waals surface area contributed by atoms with E-state index in [2.05, 4.69) is 16.9 Å². The first kappa shape index (κ1) is 11.7. The number of para-hydroxylation sites is 2. The number of phenols is 1. The zero-order valence-corrected chi connectivity index (χ0v) is 10.7. The lowest BCUT2D eigenvalue weighted by Gasteiger charge is -2.09. The maximum absolute atomic E-state index is 10.1. The second-order valence-electron chi connectivity index (χ2n) is 4.45. The maximum atomic E-state index is 10.1. The van der Waals surface area contributed by atoms with Gasteiger partial charge in [-0.15, -0.1) is 0 Å². The van der Waals surface area contributed by atoms with Gasteiger partial charge in [-0.1, -0.05) is 19.1 Å². The quantitative estimate of drug-likeness (QED) is 0.780. The number of aryl methyl sites for hydroxylation is 1. The van der Waals surface area contributed by atoms with Crippen molar-refractivity contribution < 1.29 is 5.11 Å². The molecule has 2 aromatic heterocycles. The average Bonchev–Trinajstić information content (AvgIpc) is 2.78.